The van der Waals surface area contributed by atoms with Gasteiger partial charge in [-0.15, -0.1) is 0 Å². The maximum atomic E-state index is 11.5. The fourth-order valence-corrected chi connectivity index (χ4v) is 4.75. The Kier molecular flexibility index (Phi) is 21.8. The Morgan fingerprint density at radius 1 is 0.865 bits per heavy atom. The maximum Gasteiger partial charge on any atom is 0.329 e. The molecule has 7 nitrogen and oxygen atoms in total. The first-order valence-electron chi connectivity index (χ1n) is 14.5. The van der Waals surface area contributed by atoms with Crippen LogP contribution in [0.2, 0.25) is 0 Å². The Balaban J connectivity index is 2.18. The zero-order valence-electron chi connectivity index (χ0n) is 23.6. The number of unbranched alkanes of at least 4 members (excludes halogenated alkanes) is 11. The summed E-state index contributed by atoms with van der Waals surface area (Å²) in [7, 11) is 0.00803. The summed E-state index contributed by atoms with van der Waals surface area (Å²) in [5.74, 6) is 0.473. The second-order valence-corrected chi connectivity index (χ2v) is 10.7. The molecule has 0 saturated carbocycles. The number of ether oxygens (including phenoxy) is 2. The third-order valence-electron chi connectivity index (χ3n) is 6.20. The van der Waals surface area contributed by atoms with Gasteiger partial charge in [-0.05, 0) is 24.1 Å². The van der Waals surface area contributed by atoms with E-state index in [4.69, 9.17) is 18.5 Å². The molecule has 0 radical (unpaired) electrons. The van der Waals surface area contributed by atoms with E-state index in [0.717, 1.165) is 37.3 Å². The van der Waals surface area contributed by atoms with Gasteiger partial charge in [0.05, 0.1) is 33.4 Å². The molecule has 1 rings (SSSR count). The first-order valence-corrected chi connectivity index (χ1v) is 15.6. The van der Waals surface area contributed by atoms with Crippen molar-refractivity contribution in [1.29, 1.82) is 0 Å². The minimum atomic E-state index is -1.98. The average molecular weight is 543 g/mol. The zero-order valence-corrected chi connectivity index (χ0v) is 24.5. The fourth-order valence-electron chi connectivity index (χ4n) is 4.10. The minimum Gasteiger partial charge on any atom is -0.494 e. The number of nitrogens with two attached hydrogens (primary N) is 1. The number of carbonyl (C=O) groups is 1. The van der Waals surface area contributed by atoms with Crippen molar-refractivity contribution in [3.63, 3.8) is 0 Å². The Labute approximate surface area is 227 Å². The maximum absolute atomic E-state index is 11.5. The van der Waals surface area contributed by atoms with E-state index in [-0.39, 0.29) is 12.6 Å². The largest absolute Gasteiger partial charge is 0.494 e. The third kappa shape index (κ3) is 20.4. The number of esters is 1. The lowest BCUT2D eigenvalue weighted by atomic mass is 10.1. The highest BCUT2D eigenvalue weighted by Gasteiger charge is 2.17. The van der Waals surface area contributed by atoms with Crippen molar-refractivity contribution < 1.29 is 33.5 Å². The lowest BCUT2D eigenvalue weighted by molar-refractivity contribution is -0.627. The zero-order chi connectivity index (χ0) is 27.0. The van der Waals surface area contributed by atoms with Gasteiger partial charge < -0.3 is 28.7 Å². The summed E-state index contributed by atoms with van der Waals surface area (Å²) in [4.78, 5) is 21.4. The van der Waals surface area contributed by atoms with Crippen molar-refractivity contribution in [2.24, 2.45) is 0 Å². The standard InChI is InChI=1S/C29H52NO6P/c1-4-5-6-7-8-9-10-11-12-13-14-15-22-33-28-19-17-27(18-20-28)24-29(36-26(2)31)25-35-37(32)34-23-16-21-30-3/h17-20,29-30,32H,4-16,21-25H2,1-3H3/p+1. The number of benzene rings is 1. The predicted octanol–water partition coefficient (Wildman–Crippen LogP) is 6.08. The molecule has 0 bridgehead atoms. The van der Waals surface area contributed by atoms with Gasteiger partial charge in [0.2, 0.25) is 0 Å². The average Bonchev–Trinajstić information content (AvgIpc) is 2.88. The van der Waals surface area contributed by atoms with Crippen LogP contribution in [0.3, 0.4) is 0 Å². The van der Waals surface area contributed by atoms with Crippen molar-refractivity contribution in [2.75, 3.05) is 33.4 Å². The topological polar surface area (TPSA) is 90.8 Å². The third-order valence-corrected chi connectivity index (χ3v) is 6.97. The Morgan fingerprint density at radius 2 is 1.46 bits per heavy atom. The molecule has 8 heteroatoms. The van der Waals surface area contributed by atoms with Gasteiger partial charge in [0.15, 0.2) is 0 Å². The van der Waals surface area contributed by atoms with Crippen LogP contribution in [0, 0.1) is 0 Å². The molecule has 2 unspecified atom stereocenters. The van der Waals surface area contributed by atoms with Crippen molar-refractivity contribution in [3.8, 4) is 5.75 Å². The van der Waals surface area contributed by atoms with E-state index in [2.05, 4.69) is 12.2 Å². The van der Waals surface area contributed by atoms with E-state index in [1.54, 1.807) is 0 Å². The van der Waals surface area contributed by atoms with E-state index in [0.29, 0.717) is 13.0 Å². The molecule has 0 aliphatic heterocycles. The smallest absolute Gasteiger partial charge is 0.329 e. The van der Waals surface area contributed by atoms with Crippen LogP contribution >= 0.6 is 8.60 Å². The quantitative estimate of drug-likeness (QED) is 0.0885. The molecule has 1 aromatic rings. The highest BCUT2D eigenvalue weighted by Crippen LogP contribution is 2.33. The van der Waals surface area contributed by atoms with Crippen LogP contribution in [0.4, 0.5) is 0 Å². The number of carbonyl (C=O) groups excluding carboxylic acids is 1. The molecule has 37 heavy (non-hydrogen) atoms. The molecule has 0 aliphatic rings. The van der Waals surface area contributed by atoms with E-state index in [1.165, 1.54) is 77.6 Å². The normalized spacial score (nSPS) is 12.9. The van der Waals surface area contributed by atoms with Crippen molar-refractivity contribution in [1.82, 2.24) is 0 Å². The second-order valence-electron chi connectivity index (χ2n) is 9.73. The summed E-state index contributed by atoms with van der Waals surface area (Å²) >= 11 is 0. The summed E-state index contributed by atoms with van der Waals surface area (Å²) in [6.07, 6.45) is 16.8. The highest BCUT2D eigenvalue weighted by atomic mass is 31.2. The van der Waals surface area contributed by atoms with Gasteiger partial charge in [0.25, 0.3) is 0 Å². The molecule has 0 heterocycles. The Morgan fingerprint density at radius 3 is 2.03 bits per heavy atom. The van der Waals surface area contributed by atoms with Gasteiger partial charge in [0, 0.05) is 19.8 Å². The Bertz CT molecular complexity index is 660. The number of rotatable bonds is 25. The monoisotopic (exact) mass is 542 g/mol. The van der Waals surface area contributed by atoms with Gasteiger partial charge in [-0.3, -0.25) is 4.79 Å². The van der Waals surface area contributed by atoms with Crippen molar-refractivity contribution in [3.05, 3.63) is 29.8 Å². The van der Waals surface area contributed by atoms with Crippen LogP contribution in [0.15, 0.2) is 24.3 Å². The lowest BCUT2D eigenvalue weighted by Gasteiger charge is -2.19. The molecule has 1 aromatic carbocycles. The molecule has 0 spiro atoms. The summed E-state index contributed by atoms with van der Waals surface area (Å²) in [6.45, 7) is 5.82. The Hall–Kier alpha value is -1.24. The van der Waals surface area contributed by atoms with Crippen LogP contribution in [-0.4, -0.2) is 50.4 Å². The molecule has 3 N–H and O–H groups in total. The van der Waals surface area contributed by atoms with Gasteiger partial charge in [-0.1, -0.05) is 89.7 Å². The van der Waals surface area contributed by atoms with E-state index < -0.39 is 14.7 Å². The SMILES string of the molecule is CCCCCCCCCCCCCCOc1ccc(CC(COP(O)OCCC[NH2+]C)OC(C)=O)cc1. The molecule has 0 fully saturated rings. The number of quaternary nitrogens is 1. The summed E-state index contributed by atoms with van der Waals surface area (Å²) in [5, 5.41) is 2.05. The highest BCUT2D eigenvalue weighted by molar-refractivity contribution is 7.40. The fraction of sp³-hybridized carbons (Fsp3) is 0.759. The first kappa shape index (κ1) is 33.8. The summed E-state index contributed by atoms with van der Waals surface area (Å²) in [5.41, 5.74) is 1.01. The molecule has 0 aromatic heterocycles. The summed E-state index contributed by atoms with van der Waals surface area (Å²) in [6, 6.07) is 7.86. The van der Waals surface area contributed by atoms with E-state index in [1.807, 2.05) is 31.3 Å². The van der Waals surface area contributed by atoms with Crippen LogP contribution < -0.4 is 10.1 Å². The number of hydrogen-bond acceptors (Lipinski definition) is 6. The van der Waals surface area contributed by atoms with E-state index >= 15 is 0 Å². The molecular formula is C29H53NO6P+. The lowest BCUT2D eigenvalue weighted by Crippen LogP contribution is -2.79. The second kappa shape index (κ2) is 23.8. The van der Waals surface area contributed by atoms with Gasteiger partial charge in [0.1, 0.15) is 11.9 Å². The van der Waals surface area contributed by atoms with Crippen LogP contribution in [-0.2, 0) is 25.0 Å². The van der Waals surface area contributed by atoms with Crippen molar-refractivity contribution in [2.45, 2.75) is 110 Å². The molecule has 0 amide bonds. The molecule has 214 valence electrons. The van der Waals surface area contributed by atoms with Crippen LogP contribution in [0.25, 0.3) is 0 Å². The molecule has 0 aliphatic carbocycles. The van der Waals surface area contributed by atoms with Crippen LogP contribution in [0.1, 0.15) is 103 Å². The van der Waals surface area contributed by atoms with Gasteiger partial charge in [-0.2, -0.15) is 0 Å². The van der Waals surface area contributed by atoms with Crippen molar-refractivity contribution >= 4 is 14.6 Å². The molecule has 0 saturated heterocycles. The van der Waals surface area contributed by atoms with E-state index in [9.17, 15) is 9.69 Å². The molecule has 2 atom stereocenters. The van der Waals surface area contributed by atoms with Gasteiger partial charge >= 0.3 is 14.6 Å². The summed E-state index contributed by atoms with van der Waals surface area (Å²) < 4.78 is 22.0. The minimum absolute atomic E-state index is 0.0822. The first-order chi connectivity index (χ1) is 18.0. The van der Waals surface area contributed by atoms with Gasteiger partial charge in [-0.25, -0.2) is 0 Å². The number of hydrogen-bond donors (Lipinski definition) is 2. The molecular weight excluding hydrogens is 489 g/mol. The van der Waals surface area contributed by atoms with Crippen LogP contribution in [0.5, 0.6) is 5.75 Å². The predicted molar refractivity (Wildman–Crippen MR) is 151 cm³/mol.